The Morgan fingerprint density at radius 2 is 2.15 bits per heavy atom. The van der Waals surface area contributed by atoms with Gasteiger partial charge in [0.2, 0.25) is 0 Å². The third-order valence-corrected chi connectivity index (χ3v) is 4.35. The van der Waals surface area contributed by atoms with E-state index in [1.165, 1.54) is 0 Å². The van der Waals surface area contributed by atoms with Crippen molar-refractivity contribution in [2.24, 2.45) is 5.73 Å². The van der Waals surface area contributed by atoms with E-state index < -0.39 is 0 Å². The second kappa shape index (κ2) is 7.36. The predicted octanol–water partition coefficient (Wildman–Crippen LogP) is 2.06. The van der Waals surface area contributed by atoms with E-state index in [1.54, 1.807) is 0 Å². The maximum Gasteiger partial charge on any atom is 0.105 e. The van der Waals surface area contributed by atoms with E-state index in [1.807, 2.05) is 12.1 Å². The highest BCUT2D eigenvalue weighted by Gasteiger charge is 2.20. The van der Waals surface area contributed by atoms with Gasteiger partial charge in [0.15, 0.2) is 0 Å². The second-order valence-corrected chi connectivity index (χ2v) is 6.10. The number of ether oxygens (including phenoxy) is 1. The summed E-state index contributed by atoms with van der Waals surface area (Å²) < 4.78 is 6.50. The summed E-state index contributed by atoms with van der Waals surface area (Å²) in [5.41, 5.74) is 7.69. The molecule has 1 heterocycles. The third kappa shape index (κ3) is 3.91. The minimum absolute atomic E-state index is 0.0909. The minimum Gasteiger partial charge on any atom is -0.394 e. The molecule has 0 radical (unpaired) electrons. The van der Waals surface area contributed by atoms with Crippen LogP contribution in [0.15, 0.2) is 22.7 Å². The summed E-state index contributed by atoms with van der Waals surface area (Å²) in [5, 5.41) is 8.77. The lowest BCUT2D eigenvalue weighted by molar-refractivity contribution is 0.0159. The molecule has 1 fully saturated rings. The van der Waals surface area contributed by atoms with Gasteiger partial charge in [-0.2, -0.15) is 0 Å². The molecule has 6 heteroatoms. The molecule has 1 aromatic rings. The van der Waals surface area contributed by atoms with Crippen LogP contribution in [0.3, 0.4) is 0 Å². The highest BCUT2D eigenvalue weighted by atomic mass is 79.9. The Hall–Kier alpha value is -0.690. The fourth-order valence-corrected chi connectivity index (χ4v) is 3.29. The Bertz CT molecular complexity index is 476. The average Bonchev–Trinajstić information content (AvgIpc) is 2.45. The van der Waals surface area contributed by atoms with E-state index >= 15 is 0 Å². The van der Waals surface area contributed by atoms with Gasteiger partial charge in [0, 0.05) is 28.8 Å². The highest BCUT2D eigenvalue weighted by Crippen LogP contribution is 2.27. The lowest BCUT2D eigenvalue weighted by Gasteiger charge is -2.33. The first-order valence-corrected chi connectivity index (χ1v) is 7.88. The number of piperidine rings is 1. The van der Waals surface area contributed by atoms with Crippen LogP contribution in [0.1, 0.15) is 18.4 Å². The van der Waals surface area contributed by atoms with Crippen molar-refractivity contribution in [2.75, 3.05) is 31.2 Å². The van der Waals surface area contributed by atoms with E-state index in [9.17, 15) is 0 Å². The van der Waals surface area contributed by atoms with E-state index in [4.69, 9.17) is 27.8 Å². The maximum absolute atomic E-state index is 8.77. The van der Waals surface area contributed by atoms with Crippen molar-refractivity contribution < 1.29 is 9.84 Å². The number of benzene rings is 1. The number of hydrogen-bond acceptors (Lipinski definition) is 4. The van der Waals surface area contributed by atoms with Crippen LogP contribution >= 0.6 is 28.1 Å². The smallest absolute Gasteiger partial charge is 0.105 e. The van der Waals surface area contributed by atoms with Crippen molar-refractivity contribution in [1.82, 2.24) is 0 Å². The summed E-state index contributed by atoms with van der Waals surface area (Å²) in [4.78, 5) is 2.73. The molecular formula is C14H19BrN2O2S. The Balaban J connectivity index is 1.97. The van der Waals surface area contributed by atoms with Crippen molar-refractivity contribution in [1.29, 1.82) is 0 Å². The molecule has 0 saturated carbocycles. The molecule has 110 valence electrons. The van der Waals surface area contributed by atoms with Gasteiger partial charge < -0.3 is 20.5 Å². The van der Waals surface area contributed by atoms with Crippen LogP contribution in [0.5, 0.6) is 0 Å². The van der Waals surface area contributed by atoms with Gasteiger partial charge in [-0.1, -0.05) is 12.2 Å². The fraction of sp³-hybridized carbons (Fsp3) is 0.500. The number of aliphatic hydroxyl groups is 1. The zero-order valence-corrected chi connectivity index (χ0v) is 13.6. The van der Waals surface area contributed by atoms with Crippen molar-refractivity contribution in [3.8, 4) is 0 Å². The molecule has 0 atom stereocenters. The van der Waals surface area contributed by atoms with Gasteiger partial charge >= 0.3 is 0 Å². The summed E-state index contributed by atoms with van der Waals surface area (Å²) >= 11 is 8.52. The van der Waals surface area contributed by atoms with Crippen molar-refractivity contribution in [2.45, 2.75) is 18.9 Å². The minimum atomic E-state index is 0.0909. The summed E-state index contributed by atoms with van der Waals surface area (Å²) in [5.74, 6) is 0. The van der Waals surface area contributed by atoms with Gasteiger partial charge in [-0.3, -0.25) is 0 Å². The predicted molar refractivity (Wildman–Crippen MR) is 88.3 cm³/mol. The van der Waals surface area contributed by atoms with Crippen molar-refractivity contribution in [3.05, 3.63) is 28.2 Å². The van der Waals surface area contributed by atoms with Crippen LogP contribution in [0.25, 0.3) is 0 Å². The number of nitrogens with zero attached hydrogens (tertiary/aromatic N) is 1. The van der Waals surface area contributed by atoms with E-state index in [-0.39, 0.29) is 12.7 Å². The van der Waals surface area contributed by atoms with Gasteiger partial charge in [0.1, 0.15) is 4.99 Å². The van der Waals surface area contributed by atoms with Gasteiger partial charge in [-0.05, 0) is 47.0 Å². The first-order chi connectivity index (χ1) is 9.61. The monoisotopic (exact) mass is 358 g/mol. The van der Waals surface area contributed by atoms with E-state index in [0.29, 0.717) is 11.6 Å². The van der Waals surface area contributed by atoms with Gasteiger partial charge in [-0.25, -0.2) is 0 Å². The average molecular weight is 359 g/mol. The molecule has 0 aromatic heterocycles. The number of thiocarbonyl (C=S) groups is 1. The normalized spacial score (nSPS) is 16.4. The zero-order valence-electron chi connectivity index (χ0n) is 11.2. The fourth-order valence-electron chi connectivity index (χ4n) is 2.40. The lowest BCUT2D eigenvalue weighted by Crippen LogP contribution is -2.37. The largest absolute Gasteiger partial charge is 0.394 e. The first kappa shape index (κ1) is 15.7. The molecule has 4 nitrogen and oxygen atoms in total. The molecule has 1 aliphatic heterocycles. The molecular weight excluding hydrogens is 340 g/mol. The van der Waals surface area contributed by atoms with Crippen LogP contribution in [-0.4, -0.2) is 42.5 Å². The second-order valence-electron chi connectivity index (χ2n) is 4.81. The Morgan fingerprint density at radius 1 is 1.45 bits per heavy atom. The number of hydrogen-bond donors (Lipinski definition) is 2. The summed E-state index contributed by atoms with van der Waals surface area (Å²) in [6.07, 6.45) is 2.22. The number of nitrogens with two attached hydrogens (primary N) is 1. The molecule has 0 unspecified atom stereocenters. The molecule has 3 N–H and O–H groups in total. The zero-order chi connectivity index (χ0) is 14.5. The SMILES string of the molecule is NC(=S)c1ccc(N2CCC(OCCO)CC2)cc1Br. The summed E-state index contributed by atoms with van der Waals surface area (Å²) in [6, 6.07) is 6.06. The molecule has 0 amide bonds. The molecule has 0 bridgehead atoms. The van der Waals surface area contributed by atoms with Gasteiger partial charge in [0.05, 0.1) is 19.3 Å². The Labute approximate surface area is 133 Å². The molecule has 0 aliphatic carbocycles. The standard InChI is InChI=1S/C14H19BrN2O2S/c15-13-9-10(1-2-12(13)14(16)20)17-5-3-11(4-6-17)19-8-7-18/h1-2,9,11,18H,3-8H2,(H2,16,20). The Morgan fingerprint density at radius 3 is 2.70 bits per heavy atom. The van der Waals surface area contributed by atoms with E-state index in [2.05, 4.69) is 26.9 Å². The van der Waals surface area contributed by atoms with Gasteiger partial charge in [-0.15, -0.1) is 0 Å². The third-order valence-electron chi connectivity index (χ3n) is 3.47. The molecule has 20 heavy (non-hydrogen) atoms. The molecule has 1 aliphatic rings. The Kier molecular flexibility index (Phi) is 5.77. The molecule has 0 spiro atoms. The quantitative estimate of drug-likeness (QED) is 0.789. The van der Waals surface area contributed by atoms with Gasteiger partial charge in [0.25, 0.3) is 0 Å². The highest BCUT2D eigenvalue weighted by molar-refractivity contribution is 9.10. The van der Waals surface area contributed by atoms with Crippen LogP contribution in [-0.2, 0) is 4.74 Å². The van der Waals surface area contributed by atoms with Crippen molar-refractivity contribution >= 4 is 38.8 Å². The van der Waals surface area contributed by atoms with Crippen LogP contribution in [0, 0.1) is 0 Å². The summed E-state index contributed by atoms with van der Waals surface area (Å²) in [7, 11) is 0. The number of aliphatic hydroxyl groups excluding tert-OH is 1. The maximum atomic E-state index is 8.77. The van der Waals surface area contributed by atoms with E-state index in [0.717, 1.165) is 41.7 Å². The number of anilines is 1. The van der Waals surface area contributed by atoms with Crippen molar-refractivity contribution in [3.63, 3.8) is 0 Å². The lowest BCUT2D eigenvalue weighted by atomic mass is 10.1. The first-order valence-electron chi connectivity index (χ1n) is 6.68. The van der Waals surface area contributed by atoms with Crippen LogP contribution in [0.2, 0.25) is 0 Å². The molecule has 1 aromatic carbocycles. The molecule has 2 rings (SSSR count). The number of rotatable bonds is 5. The number of halogens is 1. The summed E-state index contributed by atoms with van der Waals surface area (Å²) in [6.45, 7) is 2.43. The van der Waals surface area contributed by atoms with Crippen LogP contribution < -0.4 is 10.6 Å². The topological polar surface area (TPSA) is 58.7 Å². The molecule has 1 saturated heterocycles. The van der Waals surface area contributed by atoms with Crippen LogP contribution in [0.4, 0.5) is 5.69 Å².